The molecule has 0 unspecified atom stereocenters. The monoisotopic (exact) mass is 288 g/mol. The van der Waals surface area contributed by atoms with E-state index in [2.05, 4.69) is 5.32 Å². The van der Waals surface area contributed by atoms with Gasteiger partial charge in [0.05, 0.1) is 11.1 Å². The predicted octanol–water partition coefficient (Wildman–Crippen LogP) is 0.757. The minimum absolute atomic E-state index is 0.349. The van der Waals surface area contributed by atoms with Crippen molar-refractivity contribution in [3.05, 3.63) is 26.8 Å². The highest BCUT2D eigenvalue weighted by molar-refractivity contribution is 14.1. The Kier molecular flexibility index (Phi) is 1.76. The number of nitrogens with two attached hydrogens (primary N) is 1. The van der Waals surface area contributed by atoms with Crippen LogP contribution >= 0.6 is 22.6 Å². The van der Waals surface area contributed by atoms with Crippen molar-refractivity contribution in [2.75, 3.05) is 5.73 Å². The van der Waals surface area contributed by atoms with Gasteiger partial charge in [-0.3, -0.25) is 14.9 Å². The van der Waals surface area contributed by atoms with E-state index in [-0.39, 0.29) is 11.8 Å². The van der Waals surface area contributed by atoms with E-state index in [1.54, 1.807) is 6.07 Å². The zero-order valence-electron chi connectivity index (χ0n) is 6.43. The predicted molar refractivity (Wildman–Crippen MR) is 55.4 cm³/mol. The van der Waals surface area contributed by atoms with Crippen molar-refractivity contribution in [1.82, 2.24) is 5.32 Å². The van der Waals surface area contributed by atoms with Gasteiger partial charge in [0, 0.05) is 9.26 Å². The molecule has 0 spiro atoms. The van der Waals surface area contributed by atoms with Crippen molar-refractivity contribution in [2.45, 2.75) is 0 Å². The average Bonchev–Trinajstić information content (AvgIpc) is 2.31. The van der Waals surface area contributed by atoms with Crippen LogP contribution in [0.4, 0.5) is 5.69 Å². The SMILES string of the molecule is Nc1cc2c(cc1I)C(=O)NC2=O. The molecular formula is C8H5IN2O2. The zero-order chi connectivity index (χ0) is 9.59. The Bertz CT molecular complexity index is 389. The third kappa shape index (κ3) is 1.19. The number of hydrogen-bond donors (Lipinski definition) is 2. The van der Waals surface area contributed by atoms with Crippen LogP contribution in [0.15, 0.2) is 12.1 Å². The Hall–Kier alpha value is -1.11. The third-order valence-electron chi connectivity index (χ3n) is 1.85. The van der Waals surface area contributed by atoms with Crippen LogP contribution in [-0.4, -0.2) is 11.8 Å². The molecule has 0 radical (unpaired) electrons. The van der Waals surface area contributed by atoms with E-state index in [4.69, 9.17) is 5.73 Å². The van der Waals surface area contributed by atoms with Gasteiger partial charge >= 0.3 is 0 Å². The molecule has 66 valence electrons. The molecule has 0 bridgehead atoms. The highest BCUT2D eigenvalue weighted by Crippen LogP contribution is 2.23. The fourth-order valence-electron chi connectivity index (χ4n) is 1.20. The second-order valence-electron chi connectivity index (χ2n) is 2.70. The largest absolute Gasteiger partial charge is 0.398 e. The van der Waals surface area contributed by atoms with Gasteiger partial charge in [-0.2, -0.15) is 0 Å². The Morgan fingerprint density at radius 1 is 1.15 bits per heavy atom. The number of anilines is 1. The fourth-order valence-corrected chi connectivity index (χ4v) is 1.67. The summed E-state index contributed by atoms with van der Waals surface area (Å²) in [6.07, 6.45) is 0. The molecular weight excluding hydrogens is 283 g/mol. The summed E-state index contributed by atoms with van der Waals surface area (Å²) in [4.78, 5) is 22.3. The number of nitrogen functional groups attached to an aromatic ring is 1. The van der Waals surface area contributed by atoms with E-state index in [9.17, 15) is 9.59 Å². The Morgan fingerprint density at radius 3 is 2.31 bits per heavy atom. The minimum atomic E-state index is -0.372. The molecule has 4 nitrogen and oxygen atoms in total. The molecule has 0 atom stereocenters. The zero-order valence-corrected chi connectivity index (χ0v) is 8.58. The Morgan fingerprint density at radius 2 is 1.69 bits per heavy atom. The van der Waals surface area contributed by atoms with E-state index in [1.165, 1.54) is 6.07 Å². The molecule has 1 heterocycles. The number of amides is 2. The lowest BCUT2D eigenvalue weighted by Gasteiger charge is -1.99. The van der Waals surface area contributed by atoms with Crippen molar-refractivity contribution in [1.29, 1.82) is 0 Å². The molecule has 1 aromatic carbocycles. The molecule has 3 N–H and O–H groups in total. The van der Waals surface area contributed by atoms with Crippen LogP contribution in [0.25, 0.3) is 0 Å². The van der Waals surface area contributed by atoms with Crippen LogP contribution in [-0.2, 0) is 0 Å². The van der Waals surface area contributed by atoms with Gasteiger partial charge in [-0.05, 0) is 34.7 Å². The van der Waals surface area contributed by atoms with E-state index >= 15 is 0 Å². The first-order chi connectivity index (χ1) is 6.09. The summed E-state index contributed by atoms with van der Waals surface area (Å²) in [6, 6.07) is 3.14. The van der Waals surface area contributed by atoms with Gasteiger partial charge in [-0.25, -0.2) is 0 Å². The van der Waals surface area contributed by atoms with Gasteiger partial charge in [-0.15, -0.1) is 0 Å². The molecule has 5 heteroatoms. The van der Waals surface area contributed by atoms with Crippen molar-refractivity contribution in [3.63, 3.8) is 0 Å². The Balaban J connectivity index is 2.72. The van der Waals surface area contributed by atoms with Gasteiger partial charge < -0.3 is 5.73 Å². The summed E-state index contributed by atoms with van der Waals surface area (Å²) >= 11 is 2.02. The first kappa shape index (κ1) is 8.49. The third-order valence-corrected chi connectivity index (χ3v) is 2.79. The first-order valence-electron chi connectivity index (χ1n) is 3.54. The van der Waals surface area contributed by atoms with E-state index in [0.29, 0.717) is 16.8 Å². The number of fused-ring (bicyclic) bond motifs is 1. The molecule has 2 amide bonds. The maximum atomic E-state index is 11.2. The molecule has 1 aromatic rings. The number of nitrogens with one attached hydrogen (secondary N) is 1. The number of carbonyl (C=O) groups excluding carboxylic acids is 2. The lowest BCUT2D eigenvalue weighted by Crippen LogP contribution is -2.19. The van der Waals surface area contributed by atoms with Gasteiger partial charge in [0.15, 0.2) is 0 Å². The van der Waals surface area contributed by atoms with Crippen LogP contribution in [0.3, 0.4) is 0 Å². The number of hydrogen-bond acceptors (Lipinski definition) is 3. The number of benzene rings is 1. The minimum Gasteiger partial charge on any atom is -0.398 e. The number of carbonyl (C=O) groups is 2. The van der Waals surface area contributed by atoms with Gasteiger partial charge in [-0.1, -0.05) is 0 Å². The summed E-state index contributed by atoms with van der Waals surface area (Å²) in [5, 5.41) is 2.20. The molecule has 2 rings (SSSR count). The van der Waals surface area contributed by atoms with Crippen molar-refractivity contribution in [2.24, 2.45) is 0 Å². The molecule has 0 saturated carbocycles. The summed E-state index contributed by atoms with van der Waals surface area (Å²) in [5.74, 6) is -0.721. The second-order valence-corrected chi connectivity index (χ2v) is 3.86. The second kappa shape index (κ2) is 2.69. The lowest BCUT2D eigenvalue weighted by molar-refractivity contribution is 0.0879. The van der Waals surface area contributed by atoms with Gasteiger partial charge in [0.1, 0.15) is 0 Å². The quantitative estimate of drug-likeness (QED) is 0.420. The normalized spacial score (nSPS) is 14.2. The van der Waals surface area contributed by atoms with E-state index in [0.717, 1.165) is 3.57 Å². The summed E-state index contributed by atoms with van der Waals surface area (Å²) < 4.78 is 0.779. The first-order valence-corrected chi connectivity index (χ1v) is 4.62. The van der Waals surface area contributed by atoms with Crippen LogP contribution in [0.2, 0.25) is 0 Å². The highest BCUT2D eigenvalue weighted by Gasteiger charge is 2.27. The van der Waals surface area contributed by atoms with Crippen molar-refractivity contribution < 1.29 is 9.59 Å². The Labute approximate surface area is 87.6 Å². The highest BCUT2D eigenvalue weighted by atomic mass is 127. The molecule has 0 saturated heterocycles. The molecule has 0 aliphatic carbocycles. The maximum absolute atomic E-state index is 11.2. The van der Waals surface area contributed by atoms with E-state index < -0.39 is 0 Å². The average molecular weight is 288 g/mol. The van der Waals surface area contributed by atoms with Crippen LogP contribution in [0.1, 0.15) is 20.7 Å². The molecule has 1 aliphatic heterocycles. The number of halogens is 1. The van der Waals surface area contributed by atoms with Gasteiger partial charge in [0.2, 0.25) is 0 Å². The molecule has 1 aliphatic rings. The number of imide groups is 1. The van der Waals surface area contributed by atoms with E-state index in [1.807, 2.05) is 22.6 Å². The molecule has 0 fully saturated rings. The smallest absolute Gasteiger partial charge is 0.259 e. The summed E-state index contributed by atoms with van der Waals surface area (Å²) in [7, 11) is 0. The summed E-state index contributed by atoms with van der Waals surface area (Å²) in [6.45, 7) is 0. The van der Waals surface area contributed by atoms with Crippen LogP contribution in [0.5, 0.6) is 0 Å². The lowest BCUT2D eigenvalue weighted by atomic mass is 10.1. The number of rotatable bonds is 0. The van der Waals surface area contributed by atoms with Crippen LogP contribution in [0, 0.1) is 3.57 Å². The van der Waals surface area contributed by atoms with Crippen molar-refractivity contribution in [3.8, 4) is 0 Å². The standard InChI is InChI=1S/C8H5IN2O2/c9-5-1-3-4(2-6(5)10)8(13)11-7(3)12/h1-2H,10H2,(H,11,12,13). The van der Waals surface area contributed by atoms with Crippen LogP contribution < -0.4 is 11.1 Å². The van der Waals surface area contributed by atoms with Crippen molar-refractivity contribution >= 4 is 40.1 Å². The maximum Gasteiger partial charge on any atom is 0.259 e. The fraction of sp³-hybridized carbons (Fsp3) is 0. The molecule has 0 aromatic heterocycles. The molecule has 13 heavy (non-hydrogen) atoms. The topological polar surface area (TPSA) is 72.2 Å². The summed E-state index contributed by atoms with van der Waals surface area (Å²) in [5.41, 5.74) is 6.89. The van der Waals surface area contributed by atoms with Gasteiger partial charge in [0.25, 0.3) is 11.8 Å².